The van der Waals surface area contributed by atoms with Crippen LogP contribution in [0.15, 0.2) is 24.3 Å². The van der Waals surface area contributed by atoms with Gasteiger partial charge in [-0.2, -0.15) is 0 Å². The molecule has 0 atom stereocenters. The first-order chi connectivity index (χ1) is 9.15. The number of carbonyl (C=O) groups is 2. The Balaban J connectivity index is 2.28. The molecule has 6 heteroatoms. The first-order valence-electron chi connectivity index (χ1n) is 5.93. The number of ether oxygens (including phenoxy) is 1. The molecule has 0 bridgehead atoms. The van der Waals surface area contributed by atoms with Gasteiger partial charge in [0.15, 0.2) is 0 Å². The largest absolute Gasteiger partial charge is 0.383 e. The van der Waals surface area contributed by atoms with Gasteiger partial charge in [-0.3, -0.25) is 9.59 Å². The second-order valence-electron chi connectivity index (χ2n) is 3.83. The number of benzene rings is 1. The summed E-state index contributed by atoms with van der Waals surface area (Å²) in [6, 6.07) is 5.69. The summed E-state index contributed by atoms with van der Waals surface area (Å²) in [5, 5.41) is 5.11. The normalized spacial score (nSPS) is 10.0. The fourth-order valence-corrected chi connectivity index (χ4v) is 1.41. The lowest BCUT2D eigenvalue weighted by Gasteiger charge is -2.06. The average molecular weight is 268 g/mol. The van der Waals surface area contributed by atoms with E-state index >= 15 is 0 Å². The molecule has 0 unspecified atom stereocenters. The Morgan fingerprint density at radius 3 is 2.63 bits per heavy atom. The van der Waals surface area contributed by atoms with Crippen LogP contribution in [0.2, 0.25) is 0 Å². The Morgan fingerprint density at radius 1 is 1.21 bits per heavy atom. The standard InChI is InChI=1S/C13H17FN2O3/c1-19-9-8-15-12(17)6-7-16-13(18)10-4-2-3-5-11(10)14/h2-5H,6-9H2,1H3,(H,15,17)(H,16,18). The molecular formula is C13H17FN2O3. The van der Waals surface area contributed by atoms with E-state index in [1.54, 1.807) is 13.2 Å². The number of rotatable bonds is 7. The number of hydrogen-bond acceptors (Lipinski definition) is 3. The van der Waals surface area contributed by atoms with Gasteiger partial charge in [-0.25, -0.2) is 4.39 Å². The van der Waals surface area contributed by atoms with Crippen molar-refractivity contribution in [2.75, 3.05) is 26.8 Å². The minimum atomic E-state index is -0.579. The third-order valence-electron chi connectivity index (χ3n) is 2.38. The molecule has 0 aliphatic carbocycles. The van der Waals surface area contributed by atoms with Crippen LogP contribution in [0.25, 0.3) is 0 Å². The molecule has 0 heterocycles. The molecule has 1 rings (SSSR count). The van der Waals surface area contributed by atoms with Gasteiger partial charge in [-0.1, -0.05) is 12.1 Å². The number of amides is 2. The lowest BCUT2D eigenvalue weighted by atomic mass is 10.2. The summed E-state index contributed by atoms with van der Waals surface area (Å²) >= 11 is 0. The van der Waals surface area contributed by atoms with E-state index in [1.165, 1.54) is 18.2 Å². The Kier molecular flexibility index (Phi) is 6.52. The molecule has 0 saturated carbocycles. The highest BCUT2D eigenvalue weighted by molar-refractivity contribution is 5.94. The fraction of sp³-hybridized carbons (Fsp3) is 0.385. The van der Waals surface area contributed by atoms with E-state index in [4.69, 9.17) is 4.74 Å². The molecule has 0 spiro atoms. The zero-order chi connectivity index (χ0) is 14.1. The summed E-state index contributed by atoms with van der Waals surface area (Å²) in [6.45, 7) is 1.02. The highest BCUT2D eigenvalue weighted by Gasteiger charge is 2.10. The molecule has 19 heavy (non-hydrogen) atoms. The Labute approximate surface area is 111 Å². The van der Waals surface area contributed by atoms with Gasteiger partial charge < -0.3 is 15.4 Å². The molecule has 0 aromatic heterocycles. The summed E-state index contributed by atoms with van der Waals surface area (Å²) in [5.41, 5.74) is -0.0257. The van der Waals surface area contributed by atoms with Gasteiger partial charge in [-0.05, 0) is 12.1 Å². The van der Waals surface area contributed by atoms with Crippen molar-refractivity contribution in [1.29, 1.82) is 0 Å². The molecular weight excluding hydrogens is 251 g/mol. The first kappa shape index (κ1) is 15.1. The van der Waals surface area contributed by atoms with Crippen LogP contribution in [0.3, 0.4) is 0 Å². The maximum Gasteiger partial charge on any atom is 0.254 e. The van der Waals surface area contributed by atoms with Crippen molar-refractivity contribution in [2.45, 2.75) is 6.42 Å². The molecule has 0 saturated heterocycles. The van der Waals surface area contributed by atoms with Gasteiger partial charge in [0.05, 0.1) is 12.2 Å². The van der Waals surface area contributed by atoms with E-state index < -0.39 is 11.7 Å². The zero-order valence-corrected chi connectivity index (χ0v) is 10.7. The van der Waals surface area contributed by atoms with Crippen molar-refractivity contribution < 1.29 is 18.7 Å². The van der Waals surface area contributed by atoms with E-state index in [1.807, 2.05) is 0 Å². The summed E-state index contributed by atoms with van der Waals surface area (Å²) in [4.78, 5) is 22.9. The summed E-state index contributed by atoms with van der Waals surface area (Å²) in [6.07, 6.45) is 0.143. The van der Waals surface area contributed by atoms with Crippen LogP contribution >= 0.6 is 0 Å². The van der Waals surface area contributed by atoms with Gasteiger partial charge >= 0.3 is 0 Å². The predicted octanol–water partition coefficient (Wildman–Crippen LogP) is 0.708. The highest BCUT2D eigenvalue weighted by Crippen LogP contribution is 2.05. The molecule has 5 nitrogen and oxygen atoms in total. The summed E-state index contributed by atoms with van der Waals surface area (Å²) in [5.74, 6) is -1.29. The molecule has 2 N–H and O–H groups in total. The van der Waals surface area contributed by atoms with Crippen LogP contribution in [0.4, 0.5) is 4.39 Å². The molecule has 1 aromatic rings. The van der Waals surface area contributed by atoms with Crippen molar-refractivity contribution in [3.05, 3.63) is 35.6 Å². The van der Waals surface area contributed by atoms with Gasteiger partial charge in [0.2, 0.25) is 5.91 Å². The van der Waals surface area contributed by atoms with E-state index in [2.05, 4.69) is 10.6 Å². The van der Waals surface area contributed by atoms with Crippen molar-refractivity contribution in [3.63, 3.8) is 0 Å². The minimum Gasteiger partial charge on any atom is -0.383 e. The average Bonchev–Trinajstić information content (AvgIpc) is 2.39. The number of nitrogens with one attached hydrogen (secondary N) is 2. The van der Waals surface area contributed by atoms with Crippen molar-refractivity contribution in [1.82, 2.24) is 10.6 Å². The molecule has 0 fully saturated rings. The Morgan fingerprint density at radius 2 is 1.95 bits per heavy atom. The highest BCUT2D eigenvalue weighted by atomic mass is 19.1. The van der Waals surface area contributed by atoms with Crippen LogP contribution in [-0.2, 0) is 9.53 Å². The monoisotopic (exact) mass is 268 g/mol. The van der Waals surface area contributed by atoms with Gasteiger partial charge in [0.1, 0.15) is 5.82 Å². The third-order valence-corrected chi connectivity index (χ3v) is 2.38. The van der Waals surface area contributed by atoms with Gasteiger partial charge in [0.25, 0.3) is 5.91 Å². The molecule has 2 amide bonds. The van der Waals surface area contributed by atoms with Crippen molar-refractivity contribution >= 4 is 11.8 Å². The maximum atomic E-state index is 13.3. The number of methoxy groups -OCH3 is 1. The third kappa shape index (κ3) is 5.48. The molecule has 1 aromatic carbocycles. The molecule has 0 radical (unpaired) electrons. The van der Waals surface area contributed by atoms with Crippen LogP contribution in [0, 0.1) is 5.82 Å². The number of carbonyl (C=O) groups excluding carboxylic acids is 2. The van der Waals surface area contributed by atoms with Gasteiger partial charge in [0, 0.05) is 26.6 Å². The second kappa shape index (κ2) is 8.20. The van der Waals surface area contributed by atoms with Crippen molar-refractivity contribution in [2.24, 2.45) is 0 Å². The van der Waals surface area contributed by atoms with Crippen LogP contribution < -0.4 is 10.6 Å². The van der Waals surface area contributed by atoms with Crippen LogP contribution in [-0.4, -0.2) is 38.6 Å². The van der Waals surface area contributed by atoms with Crippen molar-refractivity contribution in [3.8, 4) is 0 Å². The predicted molar refractivity (Wildman–Crippen MR) is 68.2 cm³/mol. The summed E-state index contributed by atoms with van der Waals surface area (Å²) < 4.78 is 18.1. The Bertz CT molecular complexity index is 438. The fourth-order valence-electron chi connectivity index (χ4n) is 1.41. The minimum absolute atomic E-state index is 0.0257. The number of halogens is 1. The Hall–Kier alpha value is -1.95. The van der Waals surface area contributed by atoms with Crippen LogP contribution in [0.1, 0.15) is 16.8 Å². The quantitative estimate of drug-likeness (QED) is 0.716. The SMILES string of the molecule is COCCNC(=O)CCNC(=O)c1ccccc1F. The summed E-state index contributed by atoms with van der Waals surface area (Å²) in [7, 11) is 1.54. The zero-order valence-electron chi connectivity index (χ0n) is 10.7. The lowest BCUT2D eigenvalue weighted by molar-refractivity contribution is -0.121. The topological polar surface area (TPSA) is 67.4 Å². The van der Waals surface area contributed by atoms with E-state index in [-0.39, 0.29) is 24.4 Å². The van der Waals surface area contributed by atoms with E-state index in [0.717, 1.165) is 0 Å². The van der Waals surface area contributed by atoms with Crippen LogP contribution in [0.5, 0.6) is 0 Å². The second-order valence-corrected chi connectivity index (χ2v) is 3.83. The first-order valence-corrected chi connectivity index (χ1v) is 5.93. The molecule has 0 aliphatic heterocycles. The lowest BCUT2D eigenvalue weighted by Crippen LogP contribution is -2.32. The van der Waals surface area contributed by atoms with E-state index in [0.29, 0.717) is 13.2 Å². The molecule has 0 aliphatic rings. The van der Waals surface area contributed by atoms with E-state index in [9.17, 15) is 14.0 Å². The number of hydrogen-bond donors (Lipinski definition) is 2. The molecule has 104 valence electrons. The smallest absolute Gasteiger partial charge is 0.254 e. The maximum absolute atomic E-state index is 13.3. The van der Waals surface area contributed by atoms with Gasteiger partial charge in [-0.15, -0.1) is 0 Å².